The molecule has 0 aliphatic carbocycles. The summed E-state index contributed by atoms with van der Waals surface area (Å²) in [5.41, 5.74) is 9.79. The molecular weight excluding hydrogens is 218 g/mol. The van der Waals surface area contributed by atoms with Gasteiger partial charge in [0, 0.05) is 0 Å². The van der Waals surface area contributed by atoms with E-state index in [4.69, 9.17) is 9.78 Å². The molecule has 2 rings (SSSR count). The Balaban J connectivity index is 2.13. The number of aldehydes is 1. The van der Waals surface area contributed by atoms with E-state index in [-0.39, 0.29) is 11.4 Å². The van der Waals surface area contributed by atoms with Gasteiger partial charge in [-0.05, 0) is 24.3 Å². The van der Waals surface area contributed by atoms with Crippen molar-refractivity contribution in [2.45, 2.75) is 0 Å². The molecule has 4 heteroatoms. The molecule has 0 amide bonds. The molecule has 0 fully saturated rings. The number of hydrogen-bond donors (Lipinski definition) is 0. The lowest BCUT2D eigenvalue weighted by molar-refractivity contribution is -0.0996. The van der Waals surface area contributed by atoms with Crippen LogP contribution >= 0.6 is 0 Å². The summed E-state index contributed by atoms with van der Waals surface area (Å²) in [6, 6.07) is 13.0. The third-order valence-electron chi connectivity index (χ3n) is 2.13. The van der Waals surface area contributed by atoms with Crippen molar-refractivity contribution < 1.29 is 14.6 Å². The van der Waals surface area contributed by atoms with Crippen LogP contribution in [-0.4, -0.2) is 6.29 Å². The van der Waals surface area contributed by atoms with E-state index < -0.39 is 0 Å². The lowest BCUT2D eigenvalue weighted by Crippen LogP contribution is -2.03. The van der Waals surface area contributed by atoms with Crippen molar-refractivity contribution in [1.29, 1.82) is 0 Å². The molecule has 84 valence electrons. The number of benzene rings is 2. The Morgan fingerprint density at radius 2 is 1.47 bits per heavy atom. The highest BCUT2D eigenvalue weighted by atomic mass is 17.2. The van der Waals surface area contributed by atoms with E-state index in [1.54, 1.807) is 42.5 Å². The monoisotopic (exact) mass is 227 g/mol. The second kappa shape index (κ2) is 5.03. The molecule has 0 spiro atoms. The molecule has 0 aromatic heterocycles. The number of carbonyl (C=O) groups excluding carboxylic acids is 1. The van der Waals surface area contributed by atoms with E-state index in [0.717, 1.165) is 0 Å². The Labute approximate surface area is 98.5 Å². The van der Waals surface area contributed by atoms with Gasteiger partial charge in [-0.2, -0.15) is 0 Å². The Morgan fingerprint density at radius 1 is 0.882 bits per heavy atom. The van der Waals surface area contributed by atoms with Crippen LogP contribution in [0, 0.1) is 0 Å². The summed E-state index contributed by atoms with van der Waals surface area (Å²) in [6.45, 7) is 0. The smallest absolute Gasteiger partial charge is 0.206 e. The molecule has 2 aromatic rings. The molecule has 4 nitrogen and oxygen atoms in total. The van der Waals surface area contributed by atoms with Gasteiger partial charge < -0.3 is 0 Å². The van der Waals surface area contributed by atoms with E-state index in [1.165, 1.54) is 6.07 Å². The number of hydrogen-bond acceptors (Lipinski definition) is 3. The SMILES string of the molecule is [N]c1ccccc1OOc1ccccc1C=O. The number of carbonyl (C=O) groups is 1. The normalized spacial score (nSPS) is 9.65. The predicted molar refractivity (Wildman–Crippen MR) is 61.3 cm³/mol. The van der Waals surface area contributed by atoms with Gasteiger partial charge in [-0.1, -0.05) is 24.3 Å². The highest BCUT2D eigenvalue weighted by Crippen LogP contribution is 2.23. The Hall–Kier alpha value is -2.49. The van der Waals surface area contributed by atoms with Crippen LogP contribution in [0.15, 0.2) is 48.5 Å². The average Bonchev–Trinajstić information content (AvgIpc) is 2.38. The van der Waals surface area contributed by atoms with E-state index in [9.17, 15) is 10.5 Å². The number of nitrogens with zero attached hydrogens (tertiary/aromatic N) is 1. The van der Waals surface area contributed by atoms with Gasteiger partial charge in [0.25, 0.3) is 0 Å². The van der Waals surface area contributed by atoms with Crippen LogP contribution in [0.25, 0.3) is 0 Å². The van der Waals surface area contributed by atoms with E-state index >= 15 is 0 Å². The summed E-state index contributed by atoms with van der Waals surface area (Å²) in [5.74, 6) is 0.485. The van der Waals surface area contributed by atoms with Crippen LogP contribution in [0.4, 0.5) is 5.69 Å². The van der Waals surface area contributed by atoms with Gasteiger partial charge in [0.05, 0.1) is 5.56 Å². The van der Waals surface area contributed by atoms with Gasteiger partial charge in [-0.3, -0.25) is 14.6 Å². The molecule has 0 saturated carbocycles. The third kappa shape index (κ3) is 2.55. The third-order valence-corrected chi connectivity index (χ3v) is 2.13. The Morgan fingerprint density at radius 3 is 2.18 bits per heavy atom. The topological polar surface area (TPSA) is 57.8 Å². The van der Waals surface area contributed by atoms with Gasteiger partial charge in [0.1, 0.15) is 5.69 Å². The van der Waals surface area contributed by atoms with Crippen LogP contribution in [-0.2, 0) is 0 Å². The molecular formula is C13H9NO3. The first kappa shape index (κ1) is 11.0. The van der Waals surface area contributed by atoms with Gasteiger partial charge in [0.15, 0.2) is 12.0 Å². The second-order valence-corrected chi connectivity index (χ2v) is 3.29. The quantitative estimate of drug-likeness (QED) is 0.458. The fourth-order valence-electron chi connectivity index (χ4n) is 1.27. The minimum atomic E-state index is -0.0314. The lowest BCUT2D eigenvalue weighted by atomic mass is 10.2. The molecule has 0 unspecified atom stereocenters. The second-order valence-electron chi connectivity index (χ2n) is 3.29. The highest BCUT2D eigenvalue weighted by molar-refractivity contribution is 5.79. The first-order valence-electron chi connectivity index (χ1n) is 4.98. The van der Waals surface area contributed by atoms with E-state index in [1.807, 2.05) is 0 Å². The summed E-state index contributed by atoms with van der Waals surface area (Å²) in [7, 11) is 0. The zero-order valence-corrected chi connectivity index (χ0v) is 8.87. The van der Waals surface area contributed by atoms with Crippen molar-refractivity contribution in [1.82, 2.24) is 5.73 Å². The van der Waals surface area contributed by atoms with Gasteiger partial charge in [0.2, 0.25) is 5.75 Å². The van der Waals surface area contributed by atoms with Crippen LogP contribution in [0.2, 0.25) is 0 Å². The summed E-state index contributed by atoms with van der Waals surface area (Å²) in [6.07, 6.45) is 0.670. The first-order valence-corrected chi connectivity index (χ1v) is 4.98. The van der Waals surface area contributed by atoms with Crippen LogP contribution in [0.5, 0.6) is 11.5 Å². The zero-order valence-electron chi connectivity index (χ0n) is 8.87. The minimum Gasteiger partial charge on any atom is -0.298 e. The molecule has 0 aliphatic heterocycles. The maximum atomic E-state index is 10.7. The van der Waals surface area contributed by atoms with Crippen molar-refractivity contribution >= 4 is 12.0 Å². The summed E-state index contributed by atoms with van der Waals surface area (Å²) in [4.78, 5) is 20.7. The van der Waals surface area contributed by atoms with Gasteiger partial charge in [-0.25, -0.2) is 0 Å². The summed E-state index contributed by atoms with van der Waals surface area (Å²) in [5, 5.41) is 0. The molecule has 0 bridgehead atoms. The molecule has 2 radical (unpaired) electrons. The van der Waals surface area contributed by atoms with Crippen LogP contribution in [0.1, 0.15) is 10.4 Å². The van der Waals surface area contributed by atoms with Gasteiger partial charge >= 0.3 is 0 Å². The van der Waals surface area contributed by atoms with E-state index in [0.29, 0.717) is 17.6 Å². The van der Waals surface area contributed by atoms with E-state index in [2.05, 4.69) is 0 Å². The van der Waals surface area contributed by atoms with Crippen molar-refractivity contribution in [2.24, 2.45) is 0 Å². The molecule has 17 heavy (non-hydrogen) atoms. The Kier molecular flexibility index (Phi) is 3.25. The molecule has 0 saturated heterocycles. The largest absolute Gasteiger partial charge is 0.298 e. The summed E-state index contributed by atoms with van der Waals surface area (Å²) < 4.78 is 0. The lowest BCUT2D eigenvalue weighted by Gasteiger charge is -2.07. The van der Waals surface area contributed by atoms with Crippen LogP contribution in [0.3, 0.4) is 0 Å². The number of para-hydroxylation sites is 2. The zero-order chi connectivity index (χ0) is 12.1. The fourth-order valence-corrected chi connectivity index (χ4v) is 1.27. The molecule has 0 heterocycles. The molecule has 0 N–H and O–H groups in total. The predicted octanol–water partition coefficient (Wildman–Crippen LogP) is 2.57. The fraction of sp³-hybridized carbons (Fsp3) is 0. The van der Waals surface area contributed by atoms with Crippen molar-refractivity contribution in [3.63, 3.8) is 0 Å². The maximum Gasteiger partial charge on any atom is 0.206 e. The average molecular weight is 227 g/mol. The highest BCUT2D eigenvalue weighted by Gasteiger charge is 2.06. The van der Waals surface area contributed by atoms with Gasteiger partial charge in [-0.15, -0.1) is 5.73 Å². The van der Waals surface area contributed by atoms with Crippen molar-refractivity contribution in [3.8, 4) is 11.5 Å². The minimum absolute atomic E-state index is 0.0314. The molecule has 0 atom stereocenters. The van der Waals surface area contributed by atoms with Crippen molar-refractivity contribution in [2.75, 3.05) is 0 Å². The maximum absolute atomic E-state index is 10.7. The first-order chi connectivity index (χ1) is 8.31. The standard InChI is InChI=1S/C13H9NO3/c14-11-6-2-4-8-13(11)17-16-12-7-3-1-5-10(12)9-15/h1-9H. The van der Waals surface area contributed by atoms with Crippen LogP contribution < -0.4 is 15.5 Å². The molecule has 2 aromatic carbocycles. The molecule has 0 aliphatic rings. The number of rotatable bonds is 4. The van der Waals surface area contributed by atoms with Crippen molar-refractivity contribution in [3.05, 3.63) is 54.1 Å². The summed E-state index contributed by atoms with van der Waals surface area (Å²) >= 11 is 0. The Bertz CT molecular complexity index is 526.